The molecule has 1 amide bonds. The third-order valence-corrected chi connectivity index (χ3v) is 4.78. The van der Waals surface area contributed by atoms with Crippen molar-refractivity contribution in [3.63, 3.8) is 0 Å². The maximum atomic E-state index is 12.0. The summed E-state index contributed by atoms with van der Waals surface area (Å²) in [7, 11) is 0. The van der Waals surface area contributed by atoms with E-state index in [1.807, 2.05) is 36.0 Å². The molecule has 1 saturated carbocycles. The maximum Gasteiger partial charge on any atom is 0.251 e. The molecule has 0 aliphatic heterocycles. The lowest BCUT2D eigenvalue weighted by Gasteiger charge is -2.13. The molecule has 1 aliphatic carbocycles. The first kappa shape index (κ1) is 13.8. The molecule has 2 nitrogen and oxygen atoms in total. The number of carbonyl (C=O) groups excluding carboxylic acids is 1. The Morgan fingerprint density at radius 1 is 1.39 bits per heavy atom. The first-order valence-corrected chi connectivity index (χ1v) is 7.90. The van der Waals surface area contributed by atoms with Crippen LogP contribution in [-0.4, -0.2) is 23.0 Å². The minimum Gasteiger partial charge on any atom is -0.349 e. The Morgan fingerprint density at radius 2 is 2.11 bits per heavy atom. The average Bonchev–Trinajstić information content (AvgIpc) is 2.78. The normalized spacial score (nSPS) is 23.0. The first-order valence-electron chi connectivity index (χ1n) is 6.40. The van der Waals surface area contributed by atoms with E-state index in [1.54, 1.807) is 0 Å². The number of nitrogens with one attached hydrogen (secondary N) is 1. The van der Waals surface area contributed by atoms with E-state index >= 15 is 0 Å². The topological polar surface area (TPSA) is 29.1 Å². The van der Waals surface area contributed by atoms with Crippen LogP contribution in [0.15, 0.2) is 29.2 Å². The van der Waals surface area contributed by atoms with Gasteiger partial charge in [0.1, 0.15) is 0 Å². The van der Waals surface area contributed by atoms with Gasteiger partial charge in [0.2, 0.25) is 0 Å². The zero-order valence-electron chi connectivity index (χ0n) is 10.6. The third kappa shape index (κ3) is 3.69. The molecule has 1 fully saturated rings. The van der Waals surface area contributed by atoms with Crippen LogP contribution in [0.5, 0.6) is 0 Å². The molecule has 98 valence electrons. The summed E-state index contributed by atoms with van der Waals surface area (Å²) in [5.74, 6) is 1.20. The predicted octanol–water partition coefficient (Wildman–Crippen LogP) is 3.38. The van der Waals surface area contributed by atoms with Crippen LogP contribution in [0.3, 0.4) is 0 Å². The molecule has 0 radical (unpaired) electrons. The Kier molecular flexibility index (Phi) is 5.01. The Hall–Kier alpha value is -0.610. The van der Waals surface area contributed by atoms with E-state index in [4.69, 9.17) is 0 Å². The molecule has 1 N–H and O–H groups in total. The lowest BCUT2D eigenvalue weighted by molar-refractivity contribution is 0.0938. The number of hydrogen-bond donors (Lipinski definition) is 2. The van der Waals surface area contributed by atoms with Crippen molar-refractivity contribution in [3.05, 3.63) is 29.8 Å². The molecule has 0 saturated heterocycles. The van der Waals surface area contributed by atoms with E-state index in [-0.39, 0.29) is 5.91 Å². The van der Waals surface area contributed by atoms with Crippen LogP contribution in [0.1, 0.15) is 36.5 Å². The molecule has 1 aliphatic rings. The van der Waals surface area contributed by atoms with Gasteiger partial charge < -0.3 is 5.32 Å². The fourth-order valence-electron chi connectivity index (χ4n) is 2.34. The second kappa shape index (κ2) is 6.53. The van der Waals surface area contributed by atoms with Crippen LogP contribution in [0.4, 0.5) is 0 Å². The van der Waals surface area contributed by atoms with Gasteiger partial charge in [0, 0.05) is 21.8 Å². The smallest absolute Gasteiger partial charge is 0.251 e. The van der Waals surface area contributed by atoms with Crippen molar-refractivity contribution in [2.75, 3.05) is 5.75 Å². The summed E-state index contributed by atoms with van der Waals surface area (Å²) in [5, 5.41) is 3.85. The van der Waals surface area contributed by atoms with Crippen LogP contribution >= 0.6 is 24.4 Å². The van der Waals surface area contributed by atoms with Gasteiger partial charge in [-0.3, -0.25) is 4.79 Å². The van der Waals surface area contributed by atoms with E-state index in [2.05, 4.69) is 24.9 Å². The number of thiol groups is 1. The van der Waals surface area contributed by atoms with Gasteiger partial charge in [-0.25, -0.2) is 0 Å². The van der Waals surface area contributed by atoms with Crippen molar-refractivity contribution in [2.45, 2.75) is 42.4 Å². The summed E-state index contributed by atoms with van der Waals surface area (Å²) in [5.41, 5.74) is 0.722. The zero-order chi connectivity index (χ0) is 13.0. The van der Waals surface area contributed by atoms with E-state index in [0.717, 1.165) is 34.3 Å². The van der Waals surface area contributed by atoms with Gasteiger partial charge in [0.15, 0.2) is 0 Å². The Labute approximate surface area is 118 Å². The quantitative estimate of drug-likeness (QED) is 0.829. The van der Waals surface area contributed by atoms with Gasteiger partial charge in [-0.05, 0) is 49.3 Å². The lowest BCUT2D eigenvalue weighted by Crippen LogP contribution is -2.33. The van der Waals surface area contributed by atoms with Gasteiger partial charge in [-0.15, -0.1) is 12.6 Å². The molecule has 4 heteroatoms. The summed E-state index contributed by atoms with van der Waals surface area (Å²) >= 11 is 6.22. The second-order valence-electron chi connectivity index (χ2n) is 4.61. The number of thioether (sulfide) groups is 1. The highest BCUT2D eigenvalue weighted by atomic mass is 32.2. The van der Waals surface area contributed by atoms with Crippen molar-refractivity contribution in [3.8, 4) is 0 Å². The molecular formula is C14H19NOS2. The van der Waals surface area contributed by atoms with E-state index in [1.165, 1.54) is 6.42 Å². The van der Waals surface area contributed by atoms with Crippen LogP contribution in [0.2, 0.25) is 0 Å². The van der Waals surface area contributed by atoms with Crippen LogP contribution in [0, 0.1) is 0 Å². The highest BCUT2D eigenvalue weighted by molar-refractivity contribution is 7.99. The Balaban J connectivity index is 1.87. The molecule has 18 heavy (non-hydrogen) atoms. The number of benzene rings is 1. The number of carbonyl (C=O) groups is 1. The Bertz CT molecular complexity index is 405. The molecule has 2 unspecified atom stereocenters. The summed E-state index contributed by atoms with van der Waals surface area (Å²) in [6.45, 7) is 2.19. The molecule has 1 aromatic rings. The molecule has 0 heterocycles. The van der Waals surface area contributed by atoms with Crippen LogP contribution < -0.4 is 5.32 Å². The molecule has 0 aromatic heterocycles. The van der Waals surface area contributed by atoms with Crippen molar-refractivity contribution in [1.82, 2.24) is 5.32 Å². The van der Waals surface area contributed by atoms with Crippen molar-refractivity contribution >= 4 is 30.3 Å². The maximum absolute atomic E-state index is 12.0. The molecule has 0 spiro atoms. The Morgan fingerprint density at radius 3 is 2.78 bits per heavy atom. The van der Waals surface area contributed by atoms with Gasteiger partial charge in [-0.2, -0.15) is 11.8 Å². The third-order valence-electron chi connectivity index (χ3n) is 3.25. The molecule has 1 aromatic carbocycles. The van der Waals surface area contributed by atoms with Crippen LogP contribution in [0.25, 0.3) is 0 Å². The highest BCUT2D eigenvalue weighted by Crippen LogP contribution is 2.29. The number of hydrogen-bond acceptors (Lipinski definition) is 3. The highest BCUT2D eigenvalue weighted by Gasteiger charge is 2.25. The van der Waals surface area contributed by atoms with Gasteiger partial charge in [0.05, 0.1) is 0 Å². The lowest BCUT2D eigenvalue weighted by atomic mass is 10.2. The SMILES string of the molecule is CCSC1CCC(NC(=O)c2ccc(S)cc2)C1. The monoisotopic (exact) mass is 281 g/mol. The molecule has 2 rings (SSSR count). The summed E-state index contributed by atoms with van der Waals surface area (Å²) in [6.07, 6.45) is 3.43. The summed E-state index contributed by atoms with van der Waals surface area (Å²) < 4.78 is 0. The van der Waals surface area contributed by atoms with Gasteiger partial charge in [0.25, 0.3) is 5.91 Å². The van der Waals surface area contributed by atoms with Crippen molar-refractivity contribution < 1.29 is 4.79 Å². The minimum absolute atomic E-state index is 0.0375. The van der Waals surface area contributed by atoms with Gasteiger partial charge in [-0.1, -0.05) is 6.92 Å². The summed E-state index contributed by atoms with van der Waals surface area (Å²) in [4.78, 5) is 12.9. The first-order chi connectivity index (χ1) is 8.69. The average molecular weight is 281 g/mol. The largest absolute Gasteiger partial charge is 0.349 e. The molecule has 2 atom stereocenters. The molecule has 0 bridgehead atoms. The minimum atomic E-state index is 0.0375. The predicted molar refractivity (Wildman–Crippen MR) is 80.7 cm³/mol. The fourth-order valence-corrected chi connectivity index (χ4v) is 3.63. The zero-order valence-corrected chi connectivity index (χ0v) is 12.3. The van der Waals surface area contributed by atoms with E-state index in [9.17, 15) is 4.79 Å². The van der Waals surface area contributed by atoms with E-state index < -0.39 is 0 Å². The van der Waals surface area contributed by atoms with E-state index in [0.29, 0.717) is 6.04 Å². The number of rotatable bonds is 4. The van der Waals surface area contributed by atoms with Crippen molar-refractivity contribution in [1.29, 1.82) is 0 Å². The number of amides is 1. The second-order valence-corrected chi connectivity index (χ2v) is 6.70. The van der Waals surface area contributed by atoms with Gasteiger partial charge >= 0.3 is 0 Å². The standard InChI is InChI=1S/C14H19NOS2/c1-2-18-13-8-5-11(9-13)15-14(16)10-3-6-12(17)7-4-10/h3-4,6-7,11,13,17H,2,5,8-9H2,1H3,(H,15,16). The van der Waals surface area contributed by atoms with Crippen molar-refractivity contribution in [2.24, 2.45) is 0 Å². The summed E-state index contributed by atoms with van der Waals surface area (Å²) in [6, 6.07) is 7.69. The van der Waals surface area contributed by atoms with Crippen LogP contribution in [-0.2, 0) is 0 Å². The molecular weight excluding hydrogens is 262 g/mol. The fraction of sp³-hybridized carbons (Fsp3) is 0.500.